The summed E-state index contributed by atoms with van der Waals surface area (Å²) in [5.41, 5.74) is 1.17. The molecular weight excluding hydrogens is 278 g/mol. The highest BCUT2D eigenvalue weighted by Crippen LogP contribution is 2.21. The lowest BCUT2D eigenvalue weighted by Gasteiger charge is -2.09. The van der Waals surface area contributed by atoms with E-state index in [0.29, 0.717) is 41.3 Å². The number of hydrogen-bond acceptors (Lipinski definition) is 3. The predicted octanol–water partition coefficient (Wildman–Crippen LogP) is 2.27. The Labute approximate surface area is 124 Å². The van der Waals surface area contributed by atoms with Crippen LogP contribution in [0.25, 0.3) is 0 Å². The first kappa shape index (κ1) is 15.3. The summed E-state index contributed by atoms with van der Waals surface area (Å²) < 4.78 is 7.00. The van der Waals surface area contributed by atoms with Crippen molar-refractivity contribution < 1.29 is 9.53 Å². The van der Waals surface area contributed by atoms with Gasteiger partial charge >= 0.3 is 0 Å². The standard InChI is InChI=1S/C14H22ClN3O2/c1-9(2)7-18-13(15)12(10(3)17-18)14(19)16-6-11-4-5-20-8-11/h9,11H,4-8H2,1-3H3,(H,16,19)/t11-/m1/s1. The second-order valence-corrected chi connectivity index (χ2v) is 6.12. The maximum atomic E-state index is 12.3. The number of rotatable bonds is 5. The second kappa shape index (κ2) is 6.59. The van der Waals surface area contributed by atoms with Gasteiger partial charge in [-0.1, -0.05) is 25.4 Å². The van der Waals surface area contributed by atoms with E-state index in [1.54, 1.807) is 4.68 Å². The number of nitrogens with one attached hydrogen (secondary N) is 1. The number of carbonyl (C=O) groups excluding carboxylic acids is 1. The van der Waals surface area contributed by atoms with E-state index < -0.39 is 0 Å². The molecular formula is C14H22ClN3O2. The van der Waals surface area contributed by atoms with Crippen molar-refractivity contribution >= 4 is 17.5 Å². The first-order valence-corrected chi connectivity index (χ1v) is 7.45. The van der Waals surface area contributed by atoms with Gasteiger partial charge in [0.2, 0.25) is 0 Å². The summed E-state index contributed by atoms with van der Waals surface area (Å²) in [6, 6.07) is 0. The molecule has 1 aliphatic heterocycles. The number of hydrogen-bond donors (Lipinski definition) is 1. The third kappa shape index (κ3) is 3.52. The SMILES string of the molecule is Cc1nn(CC(C)C)c(Cl)c1C(=O)NC[C@H]1CCOC1. The maximum Gasteiger partial charge on any atom is 0.256 e. The van der Waals surface area contributed by atoms with Crippen LogP contribution in [0.2, 0.25) is 5.15 Å². The Hall–Kier alpha value is -1.07. The molecule has 1 aromatic rings. The van der Waals surface area contributed by atoms with Gasteiger partial charge < -0.3 is 10.1 Å². The van der Waals surface area contributed by atoms with Gasteiger partial charge in [0.15, 0.2) is 0 Å². The molecule has 0 radical (unpaired) electrons. The topological polar surface area (TPSA) is 56.2 Å². The molecule has 2 heterocycles. The van der Waals surface area contributed by atoms with E-state index in [1.165, 1.54) is 0 Å². The highest BCUT2D eigenvalue weighted by molar-refractivity contribution is 6.33. The average Bonchev–Trinajstić information content (AvgIpc) is 2.96. The Morgan fingerprint density at radius 3 is 2.95 bits per heavy atom. The fourth-order valence-electron chi connectivity index (χ4n) is 2.35. The number of aromatic nitrogens is 2. The van der Waals surface area contributed by atoms with Gasteiger partial charge in [0, 0.05) is 25.6 Å². The lowest BCUT2D eigenvalue weighted by atomic mass is 10.1. The Morgan fingerprint density at radius 1 is 1.60 bits per heavy atom. The lowest BCUT2D eigenvalue weighted by molar-refractivity contribution is 0.0944. The van der Waals surface area contributed by atoms with Crippen molar-refractivity contribution in [2.75, 3.05) is 19.8 Å². The monoisotopic (exact) mass is 299 g/mol. The molecule has 1 amide bonds. The zero-order chi connectivity index (χ0) is 14.7. The second-order valence-electron chi connectivity index (χ2n) is 5.77. The number of aryl methyl sites for hydroxylation is 1. The minimum Gasteiger partial charge on any atom is -0.381 e. The number of ether oxygens (including phenoxy) is 1. The van der Waals surface area contributed by atoms with E-state index in [9.17, 15) is 4.79 Å². The molecule has 6 heteroatoms. The fraction of sp³-hybridized carbons (Fsp3) is 0.714. The van der Waals surface area contributed by atoms with Gasteiger partial charge in [-0.15, -0.1) is 0 Å². The first-order valence-electron chi connectivity index (χ1n) is 7.08. The van der Waals surface area contributed by atoms with E-state index in [4.69, 9.17) is 16.3 Å². The quantitative estimate of drug-likeness (QED) is 0.907. The van der Waals surface area contributed by atoms with Crippen LogP contribution in [0.15, 0.2) is 0 Å². The van der Waals surface area contributed by atoms with Crippen LogP contribution in [0.3, 0.4) is 0 Å². The smallest absolute Gasteiger partial charge is 0.256 e. The van der Waals surface area contributed by atoms with Gasteiger partial charge in [0.1, 0.15) is 5.15 Å². The van der Waals surface area contributed by atoms with Gasteiger partial charge in [-0.3, -0.25) is 9.48 Å². The van der Waals surface area contributed by atoms with Crippen molar-refractivity contribution in [2.24, 2.45) is 11.8 Å². The Bertz CT molecular complexity index is 479. The zero-order valence-corrected chi connectivity index (χ0v) is 13.0. The van der Waals surface area contributed by atoms with Crippen LogP contribution < -0.4 is 5.32 Å². The van der Waals surface area contributed by atoms with E-state index in [0.717, 1.165) is 19.6 Å². The van der Waals surface area contributed by atoms with Crippen LogP contribution in [0, 0.1) is 18.8 Å². The molecule has 0 bridgehead atoms. The van der Waals surface area contributed by atoms with Gasteiger partial charge in [0.25, 0.3) is 5.91 Å². The molecule has 0 saturated carbocycles. The third-order valence-electron chi connectivity index (χ3n) is 3.41. The van der Waals surface area contributed by atoms with Crippen LogP contribution >= 0.6 is 11.6 Å². The molecule has 1 atom stereocenters. The molecule has 112 valence electrons. The molecule has 0 spiro atoms. The summed E-state index contributed by atoms with van der Waals surface area (Å²) >= 11 is 6.28. The van der Waals surface area contributed by atoms with E-state index in [2.05, 4.69) is 24.3 Å². The normalized spacial score (nSPS) is 18.8. The van der Waals surface area contributed by atoms with Gasteiger partial charge in [-0.25, -0.2) is 0 Å². The summed E-state index contributed by atoms with van der Waals surface area (Å²) in [5, 5.41) is 7.71. The van der Waals surface area contributed by atoms with Crippen LogP contribution in [0.4, 0.5) is 0 Å². The molecule has 0 aliphatic carbocycles. The molecule has 0 aromatic carbocycles. The van der Waals surface area contributed by atoms with Crippen LogP contribution in [-0.2, 0) is 11.3 Å². The van der Waals surface area contributed by atoms with Crippen LogP contribution in [0.1, 0.15) is 36.3 Å². The molecule has 2 rings (SSSR count). The summed E-state index contributed by atoms with van der Waals surface area (Å²) in [7, 11) is 0. The molecule has 1 fully saturated rings. The molecule has 1 aliphatic rings. The Balaban J connectivity index is 2.03. The molecule has 20 heavy (non-hydrogen) atoms. The Morgan fingerprint density at radius 2 is 2.35 bits per heavy atom. The summed E-state index contributed by atoms with van der Waals surface area (Å²) in [5.74, 6) is 0.691. The largest absolute Gasteiger partial charge is 0.381 e. The summed E-state index contributed by atoms with van der Waals surface area (Å²) in [6.07, 6.45) is 1.000. The van der Waals surface area contributed by atoms with Crippen LogP contribution in [-0.4, -0.2) is 35.4 Å². The minimum absolute atomic E-state index is 0.144. The highest BCUT2D eigenvalue weighted by atomic mass is 35.5. The first-order chi connectivity index (χ1) is 9.49. The van der Waals surface area contributed by atoms with E-state index in [1.807, 2.05) is 6.92 Å². The lowest BCUT2D eigenvalue weighted by Crippen LogP contribution is -2.30. The predicted molar refractivity (Wildman–Crippen MR) is 78.1 cm³/mol. The highest BCUT2D eigenvalue weighted by Gasteiger charge is 2.22. The summed E-state index contributed by atoms with van der Waals surface area (Å²) in [6.45, 7) is 8.84. The van der Waals surface area contributed by atoms with Crippen molar-refractivity contribution in [1.29, 1.82) is 0 Å². The number of nitrogens with zero attached hydrogens (tertiary/aromatic N) is 2. The number of carbonyl (C=O) groups is 1. The number of halogens is 1. The molecule has 0 unspecified atom stereocenters. The zero-order valence-electron chi connectivity index (χ0n) is 12.3. The van der Waals surface area contributed by atoms with Crippen molar-refractivity contribution in [2.45, 2.75) is 33.7 Å². The molecule has 1 N–H and O–H groups in total. The van der Waals surface area contributed by atoms with Gasteiger partial charge in [-0.05, 0) is 19.3 Å². The molecule has 1 saturated heterocycles. The van der Waals surface area contributed by atoms with Crippen molar-refractivity contribution in [3.05, 3.63) is 16.4 Å². The van der Waals surface area contributed by atoms with Crippen molar-refractivity contribution in [3.8, 4) is 0 Å². The molecule has 1 aromatic heterocycles. The third-order valence-corrected chi connectivity index (χ3v) is 3.79. The van der Waals surface area contributed by atoms with Crippen molar-refractivity contribution in [1.82, 2.24) is 15.1 Å². The Kier molecular flexibility index (Phi) is 5.05. The van der Waals surface area contributed by atoms with Crippen LogP contribution in [0.5, 0.6) is 0 Å². The van der Waals surface area contributed by atoms with E-state index in [-0.39, 0.29) is 5.91 Å². The molecule has 5 nitrogen and oxygen atoms in total. The minimum atomic E-state index is -0.144. The van der Waals surface area contributed by atoms with Gasteiger partial charge in [0.05, 0.1) is 17.9 Å². The van der Waals surface area contributed by atoms with Gasteiger partial charge in [-0.2, -0.15) is 5.10 Å². The summed E-state index contributed by atoms with van der Waals surface area (Å²) in [4.78, 5) is 12.3. The fourth-order valence-corrected chi connectivity index (χ4v) is 2.68. The van der Waals surface area contributed by atoms with Crippen molar-refractivity contribution in [3.63, 3.8) is 0 Å². The number of amides is 1. The van der Waals surface area contributed by atoms with E-state index >= 15 is 0 Å². The maximum absolute atomic E-state index is 12.3. The average molecular weight is 300 g/mol.